The minimum absolute atomic E-state index is 0.334. The highest BCUT2D eigenvalue weighted by Crippen LogP contribution is 2.34. The molecule has 0 bridgehead atoms. The number of hydrogen-bond donors (Lipinski definition) is 1. The Hall–Kier alpha value is -0.0800. The zero-order valence-corrected chi connectivity index (χ0v) is 8.51. The van der Waals surface area contributed by atoms with Crippen molar-refractivity contribution < 1.29 is 5.11 Å². The van der Waals surface area contributed by atoms with Gasteiger partial charge in [0.15, 0.2) is 0 Å². The van der Waals surface area contributed by atoms with E-state index in [2.05, 4.69) is 25.7 Å². The Balaban J connectivity index is 2.54. The zero-order valence-electron chi connectivity index (χ0n) is 8.51. The van der Waals surface area contributed by atoms with E-state index in [1.54, 1.807) is 0 Å². The Morgan fingerprint density at radius 1 is 1.50 bits per heavy atom. The van der Waals surface area contributed by atoms with Crippen LogP contribution in [-0.4, -0.2) is 36.2 Å². The van der Waals surface area contributed by atoms with Crippen molar-refractivity contribution in [3.05, 3.63) is 0 Å². The summed E-state index contributed by atoms with van der Waals surface area (Å²) in [5.41, 5.74) is 0.334. The Morgan fingerprint density at radius 2 is 2.17 bits per heavy atom. The minimum Gasteiger partial charge on any atom is -0.396 e. The van der Waals surface area contributed by atoms with E-state index in [1.807, 2.05) is 0 Å². The second-order valence-electron chi connectivity index (χ2n) is 4.51. The predicted octanol–water partition coefficient (Wildman–Crippen LogP) is 1.35. The molecular formula is C10H21NO. The molecule has 1 saturated heterocycles. The van der Waals surface area contributed by atoms with E-state index in [0.717, 1.165) is 13.1 Å². The maximum Gasteiger partial charge on any atom is 0.0476 e. The van der Waals surface area contributed by atoms with Crippen LogP contribution in [-0.2, 0) is 0 Å². The molecule has 1 N–H and O–H groups in total. The van der Waals surface area contributed by atoms with E-state index in [9.17, 15) is 5.11 Å². The van der Waals surface area contributed by atoms with Crippen LogP contribution in [0, 0.1) is 11.3 Å². The Bertz CT molecular complexity index is 145. The molecule has 0 radical (unpaired) electrons. The van der Waals surface area contributed by atoms with Gasteiger partial charge in [0.05, 0.1) is 0 Å². The lowest BCUT2D eigenvalue weighted by Crippen LogP contribution is -2.45. The van der Waals surface area contributed by atoms with E-state index < -0.39 is 0 Å². The average Bonchev–Trinajstić information content (AvgIpc) is 2.04. The van der Waals surface area contributed by atoms with Gasteiger partial charge in [0.1, 0.15) is 0 Å². The third-order valence-corrected chi connectivity index (χ3v) is 3.32. The molecule has 0 aliphatic carbocycles. The molecule has 1 fully saturated rings. The normalized spacial score (nSPS) is 30.5. The van der Waals surface area contributed by atoms with Crippen molar-refractivity contribution in [2.45, 2.75) is 27.2 Å². The summed E-state index contributed by atoms with van der Waals surface area (Å²) < 4.78 is 0. The van der Waals surface area contributed by atoms with E-state index in [4.69, 9.17) is 0 Å². The first kappa shape index (κ1) is 10.0. The molecule has 0 aromatic rings. The third-order valence-electron chi connectivity index (χ3n) is 3.32. The lowest BCUT2D eigenvalue weighted by Gasteiger charge is -2.42. The summed E-state index contributed by atoms with van der Waals surface area (Å²) >= 11 is 0. The molecule has 0 amide bonds. The first-order chi connectivity index (χ1) is 5.60. The number of aliphatic hydroxyl groups excluding tert-OH is 1. The smallest absolute Gasteiger partial charge is 0.0476 e. The van der Waals surface area contributed by atoms with Crippen LogP contribution < -0.4 is 0 Å². The molecule has 1 heterocycles. The van der Waals surface area contributed by atoms with Gasteiger partial charge in [-0.1, -0.05) is 20.8 Å². The molecular weight excluding hydrogens is 150 g/mol. The molecule has 1 aliphatic rings. The first-order valence-corrected chi connectivity index (χ1v) is 4.93. The van der Waals surface area contributed by atoms with Crippen LogP contribution in [0.4, 0.5) is 0 Å². The van der Waals surface area contributed by atoms with Crippen molar-refractivity contribution >= 4 is 0 Å². The molecule has 1 atom stereocenters. The quantitative estimate of drug-likeness (QED) is 0.678. The van der Waals surface area contributed by atoms with E-state index >= 15 is 0 Å². The largest absolute Gasteiger partial charge is 0.396 e. The molecule has 0 spiro atoms. The van der Waals surface area contributed by atoms with Gasteiger partial charge < -0.3 is 10.0 Å². The lowest BCUT2D eigenvalue weighted by atomic mass is 9.74. The highest BCUT2D eigenvalue weighted by Gasteiger charge is 2.34. The molecule has 0 saturated carbocycles. The predicted molar refractivity (Wildman–Crippen MR) is 51.1 cm³/mol. The summed E-state index contributed by atoms with van der Waals surface area (Å²) in [4.78, 5) is 2.42. The van der Waals surface area contributed by atoms with Crippen molar-refractivity contribution in [1.29, 1.82) is 0 Å². The number of aliphatic hydroxyl groups is 1. The van der Waals surface area contributed by atoms with Crippen LogP contribution in [0.1, 0.15) is 27.2 Å². The highest BCUT2D eigenvalue weighted by atomic mass is 16.3. The maximum atomic E-state index is 9.21. The lowest BCUT2D eigenvalue weighted by molar-refractivity contribution is 0.0252. The average molecular weight is 171 g/mol. The van der Waals surface area contributed by atoms with Gasteiger partial charge in [-0.2, -0.15) is 0 Å². The van der Waals surface area contributed by atoms with Gasteiger partial charge in [-0.05, 0) is 30.8 Å². The number of nitrogens with zero attached hydrogens (tertiary/aromatic N) is 1. The summed E-state index contributed by atoms with van der Waals surface area (Å²) in [5, 5.41) is 9.21. The molecule has 12 heavy (non-hydrogen) atoms. The summed E-state index contributed by atoms with van der Waals surface area (Å²) in [6, 6.07) is 0. The molecule has 0 aromatic carbocycles. The van der Waals surface area contributed by atoms with Crippen LogP contribution in [0.15, 0.2) is 0 Å². The van der Waals surface area contributed by atoms with Crippen LogP contribution in [0.3, 0.4) is 0 Å². The van der Waals surface area contributed by atoms with E-state index in [0.29, 0.717) is 17.9 Å². The first-order valence-electron chi connectivity index (χ1n) is 4.93. The van der Waals surface area contributed by atoms with Gasteiger partial charge in [0.25, 0.3) is 0 Å². The third kappa shape index (κ3) is 1.99. The van der Waals surface area contributed by atoms with Crippen LogP contribution in [0.2, 0.25) is 0 Å². The Morgan fingerprint density at radius 3 is 2.67 bits per heavy atom. The van der Waals surface area contributed by atoms with Gasteiger partial charge in [0.2, 0.25) is 0 Å². The molecule has 1 rings (SSSR count). The van der Waals surface area contributed by atoms with Crippen LogP contribution in [0.5, 0.6) is 0 Å². The van der Waals surface area contributed by atoms with Crippen molar-refractivity contribution in [2.24, 2.45) is 11.3 Å². The van der Waals surface area contributed by atoms with E-state index in [-0.39, 0.29) is 0 Å². The van der Waals surface area contributed by atoms with Crippen LogP contribution >= 0.6 is 0 Å². The van der Waals surface area contributed by atoms with Crippen LogP contribution in [0.25, 0.3) is 0 Å². The number of hydrogen-bond acceptors (Lipinski definition) is 2. The molecule has 2 nitrogen and oxygen atoms in total. The number of likely N-dealkylation sites (tertiary alicyclic amines) is 1. The Labute approximate surface area is 75.6 Å². The second-order valence-corrected chi connectivity index (χ2v) is 4.51. The minimum atomic E-state index is 0.334. The molecule has 2 heteroatoms. The monoisotopic (exact) mass is 171 g/mol. The standard InChI is InChI=1S/C10H21NO/c1-4-11-6-5-10(2,3)9(7-11)8-12/h9,12H,4-8H2,1-3H3. The van der Waals surface area contributed by atoms with Gasteiger partial charge in [-0.25, -0.2) is 0 Å². The molecule has 72 valence electrons. The second kappa shape index (κ2) is 3.75. The molecule has 1 aliphatic heterocycles. The summed E-state index contributed by atoms with van der Waals surface area (Å²) in [6.45, 7) is 10.4. The molecule has 1 unspecified atom stereocenters. The summed E-state index contributed by atoms with van der Waals surface area (Å²) in [7, 11) is 0. The highest BCUT2D eigenvalue weighted by molar-refractivity contribution is 4.85. The maximum absolute atomic E-state index is 9.21. The summed E-state index contributed by atoms with van der Waals surface area (Å²) in [5.74, 6) is 0.464. The van der Waals surface area contributed by atoms with Gasteiger partial charge in [-0.15, -0.1) is 0 Å². The number of rotatable bonds is 2. The topological polar surface area (TPSA) is 23.5 Å². The van der Waals surface area contributed by atoms with Crippen molar-refractivity contribution in [1.82, 2.24) is 4.90 Å². The summed E-state index contributed by atoms with van der Waals surface area (Å²) in [6.07, 6.45) is 1.21. The Kier molecular flexibility index (Phi) is 3.13. The van der Waals surface area contributed by atoms with Crippen molar-refractivity contribution in [3.8, 4) is 0 Å². The van der Waals surface area contributed by atoms with Gasteiger partial charge in [0, 0.05) is 13.2 Å². The fourth-order valence-corrected chi connectivity index (χ4v) is 1.89. The van der Waals surface area contributed by atoms with Crippen molar-refractivity contribution in [3.63, 3.8) is 0 Å². The number of piperidine rings is 1. The van der Waals surface area contributed by atoms with Crippen molar-refractivity contribution in [2.75, 3.05) is 26.2 Å². The van der Waals surface area contributed by atoms with Gasteiger partial charge in [-0.3, -0.25) is 0 Å². The zero-order chi connectivity index (χ0) is 9.19. The SMILES string of the molecule is CCN1CCC(C)(C)C(CO)C1. The van der Waals surface area contributed by atoms with Gasteiger partial charge >= 0.3 is 0 Å². The van der Waals surface area contributed by atoms with E-state index in [1.165, 1.54) is 13.0 Å². The fraction of sp³-hybridized carbons (Fsp3) is 1.00. The molecule has 0 aromatic heterocycles. The fourth-order valence-electron chi connectivity index (χ4n) is 1.89.